The highest BCUT2D eigenvalue weighted by molar-refractivity contribution is 5.92. The van der Waals surface area contributed by atoms with Gasteiger partial charge in [-0.3, -0.25) is 4.79 Å². The topological polar surface area (TPSA) is 105 Å². The zero-order valence-electron chi connectivity index (χ0n) is 19.7. The number of nitrogens with zero attached hydrogens (tertiary/aromatic N) is 1. The minimum absolute atomic E-state index is 0.106. The fraction of sp³-hybridized carbons (Fsp3) is 0.480. The van der Waals surface area contributed by atoms with Crippen LogP contribution < -0.4 is 14.8 Å². The summed E-state index contributed by atoms with van der Waals surface area (Å²) in [5.41, 5.74) is 0.375. The molecule has 4 atom stereocenters. The number of fused-ring (bicyclic) bond motifs is 1. The smallest absolute Gasteiger partial charge is 0.332 e. The summed E-state index contributed by atoms with van der Waals surface area (Å²) in [5.74, 6) is 0.409. The predicted molar refractivity (Wildman–Crippen MR) is 123 cm³/mol. The van der Waals surface area contributed by atoms with Crippen molar-refractivity contribution in [3.8, 4) is 11.5 Å². The molecule has 9 heteroatoms. The molecule has 1 aromatic heterocycles. The van der Waals surface area contributed by atoms with E-state index in [2.05, 4.69) is 16.9 Å². The van der Waals surface area contributed by atoms with E-state index in [1.54, 1.807) is 13.2 Å². The zero-order valence-corrected chi connectivity index (χ0v) is 19.7. The molecule has 1 amide bonds. The number of amides is 1. The molecule has 2 aromatic rings. The Hall–Kier alpha value is -3.17. The number of hydrogen-bond donors (Lipinski definition) is 1. The lowest BCUT2D eigenvalue weighted by molar-refractivity contribution is -0.282. The molecule has 1 N–H and O–H groups in total. The number of methoxy groups -OCH3 is 2. The van der Waals surface area contributed by atoms with Gasteiger partial charge in [0, 0.05) is 29.4 Å². The molecule has 182 valence electrons. The number of nitrogens with one attached hydrogen (secondary N) is 1. The maximum absolute atomic E-state index is 13.0. The van der Waals surface area contributed by atoms with Crippen molar-refractivity contribution in [1.29, 1.82) is 0 Å². The van der Waals surface area contributed by atoms with Crippen molar-refractivity contribution in [2.75, 3.05) is 21.3 Å². The van der Waals surface area contributed by atoms with Crippen LogP contribution in [0, 0.1) is 11.8 Å². The van der Waals surface area contributed by atoms with Gasteiger partial charge in [0.2, 0.25) is 5.91 Å². The summed E-state index contributed by atoms with van der Waals surface area (Å²) in [6.07, 6.45) is 3.99. The summed E-state index contributed by atoms with van der Waals surface area (Å²) in [5, 5.41) is 3.76. The number of carbonyl (C=O) groups is 2. The predicted octanol–water partition coefficient (Wildman–Crippen LogP) is 3.10. The molecule has 2 saturated carbocycles. The fourth-order valence-corrected chi connectivity index (χ4v) is 4.62. The molecule has 2 aliphatic carbocycles. The van der Waals surface area contributed by atoms with Crippen LogP contribution in [-0.4, -0.2) is 49.8 Å². The zero-order chi connectivity index (χ0) is 24.3. The maximum Gasteiger partial charge on any atom is 0.332 e. The van der Waals surface area contributed by atoms with Gasteiger partial charge < -0.3 is 19.5 Å². The van der Waals surface area contributed by atoms with Crippen molar-refractivity contribution in [2.24, 2.45) is 11.8 Å². The molecule has 1 aromatic carbocycles. The molecule has 0 aliphatic heterocycles. The van der Waals surface area contributed by atoms with E-state index in [4.69, 9.17) is 24.0 Å². The average Bonchev–Trinajstić information content (AvgIpc) is 3.37. The van der Waals surface area contributed by atoms with E-state index in [-0.39, 0.29) is 30.5 Å². The first-order valence-corrected chi connectivity index (χ1v) is 11.3. The highest BCUT2D eigenvalue weighted by atomic mass is 17.2. The first-order chi connectivity index (χ1) is 16.4. The molecule has 1 heterocycles. The third-order valence-corrected chi connectivity index (χ3v) is 6.60. The normalized spacial score (nSPS) is 25.6. The Morgan fingerprint density at radius 2 is 2.06 bits per heavy atom. The molecule has 4 rings (SSSR count). The number of ether oxygens (including phenoxy) is 3. The Bertz CT molecular complexity index is 1090. The van der Waals surface area contributed by atoms with Gasteiger partial charge in [-0.15, -0.1) is 6.58 Å². The van der Waals surface area contributed by atoms with Crippen molar-refractivity contribution in [2.45, 2.75) is 43.9 Å². The molecule has 9 nitrogen and oxygen atoms in total. The van der Waals surface area contributed by atoms with Gasteiger partial charge in [0.1, 0.15) is 23.6 Å². The largest absolute Gasteiger partial charge is 0.497 e. The summed E-state index contributed by atoms with van der Waals surface area (Å²) in [7, 11) is 4.37. The van der Waals surface area contributed by atoms with Gasteiger partial charge in [-0.2, -0.15) is 0 Å². The van der Waals surface area contributed by atoms with Gasteiger partial charge in [0.25, 0.3) is 0 Å². The molecule has 0 bridgehead atoms. The summed E-state index contributed by atoms with van der Waals surface area (Å²) >= 11 is 0. The van der Waals surface area contributed by atoms with E-state index in [0.717, 1.165) is 11.8 Å². The molecular formula is C25H30N2O7. The molecule has 0 saturated heterocycles. The Morgan fingerprint density at radius 3 is 2.74 bits per heavy atom. The second kappa shape index (κ2) is 9.99. The fourth-order valence-electron chi connectivity index (χ4n) is 4.62. The van der Waals surface area contributed by atoms with E-state index in [9.17, 15) is 9.59 Å². The number of pyridine rings is 1. The van der Waals surface area contributed by atoms with Crippen molar-refractivity contribution in [3.63, 3.8) is 0 Å². The van der Waals surface area contributed by atoms with E-state index in [1.165, 1.54) is 14.2 Å². The molecule has 2 fully saturated rings. The van der Waals surface area contributed by atoms with Gasteiger partial charge in [0.05, 0.1) is 38.6 Å². The minimum atomic E-state index is -0.983. The lowest BCUT2D eigenvalue weighted by Crippen LogP contribution is -2.47. The number of rotatable bonds is 10. The standard InChI is InChI=1S/C25H30N2O7/c1-5-16-13-25(16,24(29)31-3)27-23(28)15-6-7-19(10-15)34-22-11-17(14-33-32-4)26-21-12-18(30-2)8-9-20(21)22/h5,8-9,11-12,15-16,19H,1,6-7,10,13-14H2,2-4H3,(H,27,28). The first-order valence-electron chi connectivity index (χ1n) is 11.3. The van der Waals surface area contributed by atoms with E-state index in [0.29, 0.717) is 42.0 Å². The second-order valence-corrected chi connectivity index (χ2v) is 8.67. The number of esters is 1. The third-order valence-electron chi connectivity index (χ3n) is 6.60. The second-order valence-electron chi connectivity index (χ2n) is 8.67. The van der Waals surface area contributed by atoms with Crippen molar-refractivity contribution >= 4 is 22.8 Å². The van der Waals surface area contributed by atoms with Crippen molar-refractivity contribution in [1.82, 2.24) is 10.3 Å². The monoisotopic (exact) mass is 470 g/mol. The Kier molecular flexibility index (Phi) is 7.04. The molecule has 4 unspecified atom stereocenters. The minimum Gasteiger partial charge on any atom is -0.497 e. The summed E-state index contributed by atoms with van der Waals surface area (Å²) in [6, 6.07) is 7.41. The van der Waals surface area contributed by atoms with Crippen LogP contribution in [-0.2, 0) is 30.7 Å². The summed E-state index contributed by atoms with van der Waals surface area (Å²) in [4.78, 5) is 39.6. The van der Waals surface area contributed by atoms with Gasteiger partial charge in [0.15, 0.2) is 0 Å². The highest BCUT2D eigenvalue weighted by Gasteiger charge is 2.61. The van der Waals surface area contributed by atoms with Gasteiger partial charge in [-0.1, -0.05) is 6.08 Å². The Labute approximate surface area is 198 Å². The van der Waals surface area contributed by atoms with Crippen LogP contribution in [0.15, 0.2) is 36.9 Å². The van der Waals surface area contributed by atoms with E-state index < -0.39 is 11.5 Å². The maximum atomic E-state index is 13.0. The quantitative estimate of drug-likeness (QED) is 0.244. The van der Waals surface area contributed by atoms with Crippen molar-refractivity contribution in [3.05, 3.63) is 42.6 Å². The Morgan fingerprint density at radius 1 is 1.24 bits per heavy atom. The van der Waals surface area contributed by atoms with E-state index in [1.807, 2.05) is 24.3 Å². The lowest BCUT2D eigenvalue weighted by atomic mass is 10.1. The Balaban J connectivity index is 1.47. The van der Waals surface area contributed by atoms with Gasteiger partial charge in [-0.25, -0.2) is 19.6 Å². The van der Waals surface area contributed by atoms with Crippen LogP contribution in [0.5, 0.6) is 11.5 Å². The van der Waals surface area contributed by atoms with Gasteiger partial charge in [-0.05, 0) is 37.8 Å². The van der Waals surface area contributed by atoms with Crippen LogP contribution in [0.3, 0.4) is 0 Å². The first kappa shape index (κ1) is 24.0. The average molecular weight is 471 g/mol. The van der Waals surface area contributed by atoms with Crippen LogP contribution >= 0.6 is 0 Å². The van der Waals surface area contributed by atoms with Crippen LogP contribution in [0.25, 0.3) is 10.9 Å². The van der Waals surface area contributed by atoms with Crippen LogP contribution in [0.2, 0.25) is 0 Å². The number of aromatic nitrogens is 1. The molecule has 34 heavy (non-hydrogen) atoms. The summed E-state index contributed by atoms with van der Waals surface area (Å²) in [6.45, 7) is 3.91. The molecule has 2 aliphatic rings. The molecule has 0 radical (unpaired) electrons. The van der Waals surface area contributed by atoms with E-state index >= 15 is 0 Å². The number of benzene rings is 1. The van der Waals surface area contributed by atoms with Crippen LogP contribution in [0.4, 0.5) is 0 Å². The molecule has 0 spiro atoms. The summed E-state index contributed by atoms with van der Waals surface area (Å²) < 4.78 is 16.6. The number of carbonyl (C=O) groups excluding carboxylic acids is 2. The SMILES string of the molecule is C=CC1CC1(NC(=O)C1CCC(Oc2cc(COOC)nc3cc(OC)ccc23)C1)C(=O)OC. The lowest BCUT2D eigenvalue weighted by Gasteiger charge is -2.20. The highest BCUT2D eigenvalue weighted by Crippen LogP contribution is 2.46. The van der Waals surface area contributed by atoms with Crippen LogP contribution in [0.1, 0.15) is 31.4 Å². The number of hydrogen-bond acceptors (Lipinski definition) is 8. The molecular weight excluding hydrogens is 440 g/mol. The third kappa shape index (κ3) is 4.71. The van der Waals surface area contributed by atoms with Crippen molar-refractivity contribution < 1.29 is 33.6 Å². The van der Waals surface area contributed by atoms with Gasteiger partial charge >= 0.3 is 5.97 Å².